The van der Waals surface area contributed by atoms with Crippen LogP contribution in [-0.2, 0) is 14.8 Å². The summed E-state index contributed by atoms with van der Waals surface area (Å²) in [6.07, 6.45) is 1.37. The number of nitrogens with one attached hydrogen (secondary N) is 2. The third-order valence-corrected chi connectivity index (χ3v) is 6.37. The normalized spacial score (nSPS) is 20.2. The molecular formula is C18H22N3O5S+. The largest absolute Gasteiger partial charge is 0.486 e. The Morgan fingerprint density at radius 3 is 2.63 bits per heavy atom. The number of aromatic amines is 1. The summed E-state index contributed by atoms with van der Waals surface area (Å²) in [6.45, 7) is 2.59. The number of anilines is 1. The van der Waals surface area contributed by atoms with E-state index < -0.39 is 10.0 Å². The van der Waals surface area contributed by atoms with E-state index in [-0.39, 0.29) is 11.0 Å². The van der Waals surface area contributed by atoms with Gasteiger partial charge in [-0.05, 0) is 18.2 Å². The van der Waals surface area contributed by atoms with Crippen LogP contribution in [-0.4, -0.2) is 58.3 Å². The number of aromatic nitrogens is 1. The molecular weight excluding hydrogens is 370 g/mol. The van der Waals surface area contributed by atoms with Crippen molar-refractivity contribution < 1.29 is 27.6 Å². The van der Waals surface area contributed by atoms with Gasteiger partial charge >= 0.3 is 0 Å². The third kappa shape index (κ3) is 4.00. The van der Waals surface area contributed by atoms with Gasteiger partial charge in [0.1, 0.15) is 24.2 Å². The smallest absolute Gasteiger partial charge is 0.272 e. The van der Waals surface area contributed by atoms with Crippen molar-refractivity contribution >= 4 is 15.8 Å². The van der Waals surface area contributed by atoms with Crippen LogP contribution in [0.1, 0.15) is 0 Å². The Morgan fingerprint density at radius 2 is 1.89 bits per heavy atom. The van der Waals surface area contributed by atoms with Crippen molar-refractivity contribution in [1.82, 2.24) is 4.31 Å². The van der Waals surface area contributed by atoms with Gasteiger partial charge in [0.05, 0.1) is 13.2 Å². The minimum atomic E-state index is -3.50. The van der Waals surface area contributed by atoms with Gasteiger partial charge in [0.25, 0.3) is 5.82 Å². The van der Waals surface area contributed by atoms with Gasteiger partial charge in [0, 0.05) is 19.2 Å². The lowest BCUT2D eigenvalue weighted by Crippen LogP contribution is -2.41. The number of fused-ring (bicyclic) bond motifs is 1. The number of hydrogen-bond donors (Lipinski definition) is 1. The highest BCUT2D eigenvalue weighted by Crippen LogP contribution is 2.30. The molecule has 1 aromatic carbocycles. The number of hydrogen-bond acceptors (Lipinski definition) is 6. The summed E-state index contributed by atoms with van der Waals surface area (Å²) in [5, 5.41) is 3.21. The monoisotopic (exact) mass is 392 g/mol. The molecule has 3 heterocycles. The van der Waals surface area contributed by atoms with Crippen molar-refractivity contribution in [2.45, 2.75) is 11.0 Å². The number of benzene rings is 1. The van der Waals surface area contributed by atoms with Crippen LogP contribution in [0.25, 0.3) is 0 Å². The molecule has 2 N–H and O–H groups in total. The zero-order valence-corrected chi connectivity index (χ0v) is 15.6. The van der Waals surface area contributed by atoms with E-state index in [9.17, 15) is 8.42 Å². The molecule has 0 saturated carbocycles. The molecule has 0 aliphatic carbocycles. The topological polar surface area (TPSA) is 91.2 Å². The van der Waals surface area contributed by atoms with E-state index in [4.69, 9.17) is 14.2 Å². The van der Waals surface area contributed by atoms with E-state index in [1.54, 1.807) is 12.1 Å². The SMILES string of the molecule is O=S(=O)(c1ccc(NC[C@@H]2COc3ccccc3O2)[nH+]c1)N1CCOCC1. The molecule has 1 saturated heterocycles. The molecule has 1 aromatic heterocycles. The van der Waals surface area contributed by atoms with Crippen LogP contribution >= 0.6 is 0 Å². The molecule has 0 spiro atoms. The van der Waals surface area contributed by atoms with E-state index in [1.165, 1.54) is 10.5 Å². The summed E-state index contributed by atoms with van der Waals surface area (Å²) in [4.78, 5) is 3.23. The Hall–Kier alpha value is -2.36. The van der Waals surface area contributed by atoms with Crippen molar-refractivity contribution in [1.29, 1.82) is 0 Å². The Bertz CT molecular complexity index is 882. The Balaban J connectivity index is 1.36. The Labute approximate surface area is 158 Å². The number of para-hydroxylation sites is 2. The van der Waals surface area contributed by atoms with Crippen molar-refractivity contribution in [3.8, 4) is 11.5 Å². The maximum Gasteiger partial charge on any atom is 0.272 e. The first-order valence-corrected chi connectivity index (χ1v) is 10.3. The lowest BCUT2D eigenvalue weighted by molar-refractivity contribution is -0.364. The van der Waals surface area contributed by atoms with Gasteiger partial charge < -0.3 is 14.2 Å². The van der Waals surface area contributed by atoms with Gasteiger partial charge in [0.2, 0.25) is 10.0 Å². The van der Waals surface area contributed by atoms with Crippen LogP contribution in [0.2, 0.25) is 0 Å². The molecule has 0 radical (unpaired) electrons. The number of pyridine rings is 1. The highest BCUT2D eigenvalue weighted by molar-refractivity contribution is 7.89. The van der Waals surface area contributed by atoms with Crippen LogP contribution in [0.4, 0.5) is 5.82 Å². The first kappa shape index (κ1) is 18.0. The quantitative estimate of drug-likeness (QED) is 0.808. The second kappa shape index (κ2) is 7.71. The van der Waals surface area contributed by atoms with Crippen LogP contribution in [0.5, 0.6) is 11.5 Å². The molecule has 0 unspecified atom stereocenters. The van der Waals surface area contributed by atoms with Gasteiger partial charge in [0.15, 0.2) is 17.6 Å². The lowest BCUT2D eigenvalue weighted by Gasteiger charge is -2.25. The summed E-state index contributed by atoms with van der Waals surface area (Å²) in [5.74, 6) is 2.18. The predicted octanol–water partition coefficient (Wildman–Crippen LogP) is 0.773. The number of nitrogens with zero attached hydrogens (tertiary/aromatic N) is 1. The van der Waals surface area contributed by atoms with Gasteiger partial charge in [-0.15, -0.1) is 0 Å². The standard InChI is InChI=1S/C18H21N3O5S/c22-27(23,21-7-9-24-10-8-21)15-5-6-18(20-12-15)19-11-14-13-25-16-3-1-2-4-17(16)26-14/h1-6,12,14H,7-11,13H2,(H,19,20)/p+1/t14-/m1/s1. The number of H-pyrrole nitrogens is 1. The zero-order chi connectivity index (χ0) is 18.7. The van der Waals surface area contributed by atoms with Crippen molar-refractivity contribution in [3.05, 3.63) is 42.6 Å². The number of morpholine rings is 1. The van der Waals surface area contributed by atoms with Crippen LogP contribution in [0.15, 0.2) is 47.5 Å². The van der Waals surface area contributed by atoms with Crippen LogP contribution in [0, 0.1) is 0 Å². The highest BCUT2D eigenvalue weighted by atomic mass is 32.2. The molecule has 2 aliphatic rings. The maximum absolute atomic E-state index is 12.6. The predicted molar refractivity (Wildman–Crippen MR) is 97.4 cm³/mol. The van der Waals surface area contributed by atoms with Crippen LogP contribution < -0.4 is 19.8 Å². The van der Waals surface area contributed by atoms with Crippen molar-refractivity contribution in [2.75, 3.05) is 44.8 Å². The Kier molecular flexibility index (Phi) is 5.15. The number of ether oxygens (including phenoxy) is 3. The summed E-state index contributed by atoms with van der Waals surface area (Å²) in [5.41, 5.74) is 0. The molecule has 4 rings (SSSR count). The Morgan fingerprint density at radius 1 is 1.11 bits per heavy atom. The average molecular weight is 392 g/mol. The minimum Gasteiger partial charge on any atom is -0.486 e. The second-order valence-electron chi connectivity index (χ2n) is 6.33. The highest BCUT2D eigenvalue weighted by Gasteiger charge is 2.27. The van der Waals surface area contributed by atoms with E-state index >= 15 is 0 Å². The lowest BCUT2D eigenvalue weighted by atomic mass is 10.2. The van der Waals surface area contributed by atoms with E-state index in [0.717, 1.165) is 11.5 Å². The molecule has 2 aromatic rings. The third-order valence-electron chi connectivity index (χ3n) is 4.48. The maximum atomic E-state index is 12.6. The molecule has 2 aliphatic heterocycles. The first-order valence-electron chi connectivity index (χ1n) is 8.85. The second-order valence-corrected chi connectivity index (χ2v) is 8.27. The summed E-state index contributed by atoms with van der Waals surface area (Å²) in [6, 6.07) is 10.9. The molecule has 9 heteroatoms. The fourth-order valence-electron chi connectivity index (χ4n) is 3.00. The number of sulfonamides is 1. The van der Waals surface area contributed by atoms with E-state index in [1.807, 2.05) is 24.3 Å². The summed E-state index contributed by atoms with van der Waals surface area (Å²) < 4.78 is 43.5. The summed E-state index contributed by atoms with van der Waals surface area (Å²) in [7, 11) is -3.50. The van der Waals surface area contributed by atoms with Crippen molar-refractivity contribution in [3.63, 3.8) is 0 Å². The van der Waals surface area contributed by atoms with Gasteiger partial charge in [-0.2, -0.15) is 4.31 Å². The van der Waals surface area contributed by atoms with Gasteiger partial charge in [-0.1, -0.05) is 12.1 Å². The molecule has 1 atom stereocenters. The van der Waals surface area contributed by atoms with E-state index in [2.05, 4.69) is 10.3 Å². The fourth-order valence-corrected chi connectivity index (χ4v) is 4.38. The van der Waals surface area contributed by atoms with E-state index in [0.29, 0.717) is 45.3 Å². The molecule has 0 bridgehead atoms. The summed E-state index contributed by atoms with van der Waals surface area (Å²) >= 11 is 0. The van der Waals surface area contributed by atoms with Gasteiger partial charge in [-0.3, -0.25) is 5.32 Å². The fraction of sp³-hybridized carbons (Fsp3) is 0.389. The molecule has 144 valence electrons. The molecule has 27 heavy (non-hydrogen) atoms. The first-order chi connectivity index (χ1) is 13.1. The number of rotatable bonds is 5. The van der Waals surface area contributed by atoms with Crippen LogP contribution in [0.3, 0.4) is 0 Å². The molecule has 8 nitrogen and oxygen atoms in total. The zero-order valence-electron chi connectivity index (χ0n) is 14.8. The minimum absolute atomic E-state index is 0.134. The van der Waals surface area contributed by atoms with Crippen molar-refractivity contribution in [2.24, 2.45) is 0 Å². The van der Waals surface area contributed by atoms with Gasteiger partial charge in [-0.25, -0.2) is 13.4 Å². The average Bonchev–Trinajstić information content (AvgIpc) is 2.73. The molecule has 0 amide bonds. The molecule has 1 fully saturated rings.